The van der Waals surface area contributed by atoms with Crippen LogP contribution in [0.25, 0.3) is 10.9 Å². The number of carbonyl (C=O) groups excluding carboxylic acids is 1. The SMILES string of the molecule is CC(C)n1c(S[C@@H](C)C(=O)NC2CCCCC2)nc2cc(Cl)ccc2c1=O. The number of aromatic nitrogens is 2. The van der Waals surface area contributed by atoms with Gasteiger partial charge in [0.1, 0.15) is 0 Å². The molecule has 3 rings (SSSR count). The van der Waals surface area contributed by atoms with Crippen molar-refractivity contribution in [2.24, 2.45) is 0 Å². The summed E-state index contributed by atoms with van der Waals surface area (Å²) in [5.41, 5.74) is 0.459. The number of nitrogens with one attached hydrogen (secondary N) is 1. The molecule has 1 saturated carbocycles. The summed E-state index contributed by atoms with van der Waals surface area (Å²) in [6.45, 7) is 5.76. The van der Waals surface area contributed by atoms with Crippen molar-refractivity contribution in [3.8, 4) is 0 Å². The maximum Gasteiger partial charge on any atom is 0.262 e. The number of carbonyl (C=O) groups is 1. The minimum atomic E-state index is -0.333. The first-order valence-corrected chi connectivity index (χ1v) is 10.8. The molecule has 7 heteroatoms. The molecule has 1 aromatic heterocycles. The summed E-state index contributed by atoms with van der Waals surface area (Å²) in [4.78, 5) is 30.2. The van der Waals surface area contributed by atoms with Gasteiger partial charge in [-0.1, -0.05) is 42.6 Å². The molecule has 5 nitrogen and oxygen atoms in total. The van der Waals surface area contributed by atoms with E-state index >= 15 is 0 Å². The van der Waals surface area contributed by atoms with Gasteiger partial charge in [0.25, 0.3) is 5.56 Å². The minimum absolute atomic E-state index is 0.00245. The van der Waals surface area contributed by atoms with Gasteiger partial charge in [-0.2, -0.15) is 0 Å². The van der Waals surface area contributed by atoms with Gasteiger partial charge in [0.05, 0.1) is 16.2 Å². The fraction of sp³-hybridized carbons (Fsp3) is 0.550. The first-order chi connectivity index (χ1) is 12.9. The molecule has 0 radical (unpaired) electrons. The Morgan fingerprint density at radius 3 is 2.63 bits per heavy atom. The van der Waals surface area contributed by atoms with Gasteiger partial charge in [-0.25, -0.2) is 4.98 Å². The molecule has 0 saturated heterocycles. The predicted octanol–water partition coefficient (Wildman–Crippen LogP) is 4.56. The summed E-state index contributed by atoms with van der Waals surface area (Å²) in [6.07, 6.45) is 5.69. The largest absolute Gasteiger partial charge is 0.352 e. The van der Waals surface area contributed by atoms with Crippen LogP contribution < -0.4 is 10.9 Å². The van der Waals surface area contributed by atoms with Crippen LogP contribution in [0.2, 0.25) is 5.02 Å². The van der Waals surface area contributed by atoms with Gasteiger partial charge in [0.15, 0.2) is 5.16 Å². The van der Waals surface area contributed by atoms with E-state index in [-0.39, 0.29) is 28.8 Å². The van der Waals surface area contributed by atoms with E-state index < -0.39 is 0 Å². The number of halogens is 1. The number of nitrogens with zero attached hydrogens (tertiary/aromatic N) is 2. The summed E-state index contributed by atoms with van der Waals surface area (Å²) in [6, 6.07) is 5.32. The monoisotopic (exact) mass is 407 g/mol. The fourth-order valence-electron chi connectivity index (χ4n) is 3.47. The smallest absolute Gasteiger partial charge is 0.262 e. The van der Waals surface area contributed by atoms with Crippen LogP contribution in [0.3, 0.4) is 0 Å². The molecule has 27 heavy (non-hydrogen) atoms. The van der Waals surface area contributed by atoms with Crippen LogP contribution in [-0.2, 0) is 4.79 Å². The first kappa shape index (κ1) is 20.2. The van der Waals surface area contributed by atoms with Gasteiger partial charge < -0.3 is 5.32 Å². The highest BCUT2D eigenvalue weighted by Crippen LogP contribution is 2.26. The van der Waals surface area contributed by atoms with E-state index in [0.717, 1.165) is 12.8 Å². The highest BCUT2D eigenvalue weighted by atomic mass is 35.5. The molecule has 1 amide bonds. The molecule has 1 N–H and O–H groups in total. The third kappa shape index (κ3) is 4.66. The molecule has 1 aliphatic carbocycles. The lowest BCUT2D eigenvalue weighted by molar-refractivity contribution is -0.121. The second-order valence-corrected chi connectivity index (χ2v) is 9.17. The summed E-state index contributed by atoms with van der Waals surface area (Å²) < 4.78 is 1.66. The van der Waals surface area contributed by atoms with Crippen LogP contribution in [0, 0.1) is 0 Å². The molecule has 1 aliphatic rings. The van der Waals surface area contributed by atoms with Crippen molar-refractivity contribution in [2.75, 3.05) is 0 Å². The van der Waals surface area contributed by atoms with E-state index in [0.29, 0.717) is 21.1 Å². The third-order valence-corrected chi connectivity index (χ3v) is 6.25. The third-order valence-electron chi connectivity index (χ3n) is 4.95. The zero-order valence-electron chi connectivity index (χ0n) is 16.0. The van der Waals surface area contributed by atoms with Crippen LogP contribution in [0.4, 0.5) is 0 Å². The van der Waals surface area contributed by atoms with E-state index in [1.165, 1.54) is 31.0 Å². The number of rotatable bonds is 5. The average Bonchev–Trinajstić information content (AvgIpc) is 2.61. The molecule has 146 valence electrons. The second-order valence-electron chi connectivity index (χ2n) is 7.43. The normalized spacial score (nSPS) is 16.6. The lowest BCUT2D eigenvalue weighted by Gasteiger charge is -2.24. The van der Waals surface area contributed by atoms with Crippen LogP contribution >= 0.6 is 23.4 Å². The Kier molecular flexibility index (Phi) is 6.48. The maximum absolute atomic E-state index is 12.9. The topological polar surface area (TPSA) is 64.0 Å². The van der Waals surface area contributed by atoms with E-state index in [2.05, 4.69) is 10.3 Å². The van der Waals surface area contributed by atoms with Crippen LogP contribution in [0.5, 0.6) is 0 Å². The lowest BCUT2D eigenvalue weighted by atomic mass is 9.95. The number of fused-ring (bicyclic) bond motifs is 1. The standard InChI is InChI=1S/C20H26ClN3O2S/c1-12(2)24-19(26)16-10-9-14(21)11-17(16)23-20(24)27-13(3)18(25)22-15-7-5-4-6-8-15/h9-13,15H,4-8H2,1-3H3,(H,22,25)/t13-/m0/s1. The number of hydrogen-bond acceptors (Lipinski definition) is 4. The van der Waals surface area contributed by atoms with Gasteiger partial charge in [-0.05, 0) is 51.8 Å². The molecule has 1 fully saturated rings. The highest BCUT2D eigenvalue weighted by Gasteiger charge is 2.23. The van der Waals surface area contributed by atoms with Crippen molar-refractivity contribution in [3.05, 3.63) is 33.6 Å². The van der Waals surface area contributed by atoms with Gasteiger partial charge in [-0.15, -0.1) is 0 Å². The van der Waals surface area contributed by atoms with Gasteiger partial charge >= 0.3 is 0 Å². The minimum Gasteiger partial charge on any atom is -0.352 e. The molecule has 0 unspecified atom stereocenters. The molecule has 0 bridgehead atoms. The molecular weight excluding hydrogens is 382 g/mol. The van der Waals surface area contributed by atoms with Gasteiger partial charge in [-0.3, -0.25) is 14.2 Å². The molecule has 2 aromatic rings. The molecular formula is C20H26ClN3O2S. The molecule has 0 spiro atoms. The summed E-state index contributed by atoms with van der Waals surface area (Å²) in [5, 5.41) is 4.45. The quantitative estimate of drug-likeness (QED) is 0.582. The van der Waals surface area contributed by atoms with E-state index in [1.54, 1.807) is 22.8 Å². The van der Waals surface area contributed by atoms with Crippen molar-refractivity contribution >= 4 is 40.2 Å². The molecule has 0 aliphatic heterocycles. The zero-order valence-corrected chi connectivity index (χ0v) is 17.6. The Bertz CT molecular complexity index is 891. The van der Waals surface area contributed by atoms with Gasteiger partial charge in [0, 0.05) is 17.1 Å². The summed E-state index contributed by atoms with van der Waals surface area (Å²) >= 11 is 7.40. The number of benzene rings is 1. The van der Waals surface area contributed by atoms with E-state index in [1.807, 2.05) is 20.8 Å². The molecule has 1 atom stereocenters. The average molecular weight is 408 g/mol. The van der Waals surface area contributed by atoms with Crippen molar-refractivity contribution in [2.45, 2.75) is 75.4 Å². The lowest BCUT2D eigenvalue weighted by Crippen LogP contribution is -2.40. The Morgan fingerprint density at radius 2 is 1.96 bits per heavy atom. The predicted molar refractivity (Wildman–Crippen MR) is 112 cm³/mol. The van der Waals surface area contributed by atoms with Crippen molar-refractivity contribution in [1.82, 2.24) is 14.9 Å². The van der Waals surface area contributed by atoms with E-state index in [9.17, 15) is 9.59 Å². The van der Waals surface area contributed by atoms with Crippen LogP contribution in [0.15, 0.2) is 28.2 Å². The number of amides is 1. The Hall–Kier alpha value is -1.53. The first-order valence-electron chi connectivity index (χ1n) is 9.55. The van der Waals surface area contributed by atoms with Crippen molar-refractivity contribution < 1.29 is 4.79 Å². The van der Waals surface area contributed by atoms with Crippen LogP contribution in [-0.4, -0.2) is 26.8 Å². The van der Waals surface area contributed by atoms with Crippen LogP contribution in [0.1, 0.15) is 58.9 Å². The molecule has 1 aromatic carbocycles. The zero-order chi connectivity index (χ0) is 19.6. The second kappa shape index (κ2) is 8.65. The molecule has 1 heterocycles. The van der Waals surface area contributed by atoms with E-state index in [4.69, 9.17) is 11.6 Å². The Morgan fingerprint density at radius 1 is 1.26 bits per heavy atom. The van der Waals surface area contributed by atoms with Crippen molar-refractivity contribution in [3.63, 3.8) is 0 Å². The highest BCUT2D eigenvalue weighted by molar-refractivity contribution is 8.00. The van der Waals surface area contributed by atoms with Gasteiger partial charge in [0.2, 0.25) is 5.91 Å². The fourth-order valence-corrected chi connectivity index (χ4v) is 4.68. The summed E-state index contributed by atoms with van der Waals surface area (Å²) in [7, 11) is 0. The maximum atomic E-state index is 12.9. The van der Waals surface area contributed by atoms with Crippen molar-refractivity contribution in [1.29, 1.82) is 0 Å². The Labute approximate surface area is 168 Å². The summed E-state index contributed by atoms with van der Waals surface area (Å²) in [5.74, 6) is 0.00245. The Balaban J connectivity index is 1.87. The number of hydrogen-bond donors (Lipinski definition) is 1. The number of thioether (sulfide) groups is 1.